The molecule has 17 heavy (non-hydrogen) atoms. The summed E-state index contributed by atoms with van der Waals surface area (Å²) in [5.41, 5.74) is 1.72. The lowest BCUT2D eigenvalue weighted by Crippen LogP contribution is -2.11. The molecule has 1 aromatic rings. The van der Waals surface area contributed by atoms with Crippen molar-refractivity contribution < 1.29 is 4.79 Å². The third kappa shape index (κ3) is 1.90. The fraction of sp³-hybridized carbons (Fsp3) is 0.769. The van der Waals surface area contributed by atoms with E-state index in [1.807, 2.05) is 4.68 Å². The fourth-order valence-electron chi connectivity index (χ4n) is 3.34. The Hall–Kier alpha value is -1.19. The van der Waals surface area contributed by atoms with E-state index >= 15 is 0 Å². The average molecular weight is 233 g/mol. The first kappa shape index (κ1) is 10.9. The van der Waals surface area contributed by atoms with E-state index in [0.29, 0.717) is 12.0 Å². The lowest BCUT2D eigenvalue weighted by molar-refractivity contribution is 0.111. The highest BCUT2D eigenvalue weighted by molar-refractivity contribution is 5.74. The van der Waals surface area contributed by atoms with Crippen LogP contribution in [-0.2, 0) is 0 Å². The van der Waals surface area contributed by atoms with E-state index in [9.17, 15) is 4.79 Å². The van der Waals surface area contributed by atoms with E-state index < -0.39 is 0 Å². The first-order valence-electron chi connectivity index (χ1n) is 6.80. The second-order valence-electron chi connectivity index (χ2n) is 5.34. The van der Waals surface area contributed by atoms with Gasteiger partial charge in [0.1, 0.15) is 5.69 Å². The first-order valence-corrected chi connectivity index (χ1v) is 6.80. The highest BCUT2D eigenvalue weighted by Crippen LogP contribution is 2.36. The van der Waals surface area contributed by atoms with E-state index in [0.717, 1.165) is 30.5 Å². The molecule has 0 N–H and O–H groups in total. The molecular formula is C13H19N3O. The highest BCUT2D eigenvalue weighted by atomic mass is 16.1. The van der Waals surface area contributed by atoms with Crippen LogP contribution < -0.4 is 0 Å². The lowest BCUT2D eigenvalue weighted by Gasteiger charge is -2.11. The molecule has 0 radical (unpaired) electrons. The predicted octanol–water partition coefficient (Wildman–Crippen LogP) is 2.86. The van der Waals surface area contributed by atoms with Crippen molar-refractivity contribution in [2.24, 2.45) is 0 Å². The van der Waals surface area contributed by atoms with Gasteiger partial charge in [0.2, 0.25) is 0 Å². The third-order valence-electron chi connectivity index (χ3n) is 4.28. The Bertz CT molecular complexity index is 367. The van der Waals surface area contributed by atoms with Crippen LogP contribution in [0.3, 0.4) is 0 Å². The van der Waals surface area contributed by atoms with E-state index in [1.54, 1.807) is 0 Å². The number of rotatable bonds is 3. The summed E-state index contributed by atoms with van der Waals surface area (Å²) in [7, 11) is 0. The van der Waals surface area contributed by atoms with Crippen molar-refractivity contribution in [2.45, 2.75) is 63.3 Å². The van der Waals surface area contributed by atoms with Gasteiger partial charge in [-0.1, -0.05) is 30.9 Å². The van der Waals surface area contributed by atoms with Gasteiger partial charge in [-0.25, -0.2) is 4.68 Å². The summed E-state index contributed by atoms with van der Waals surface area (Å²) in [5, 5.41) is 8.54. The van der Waals surface area contributed by atoms with Gasteiger partial charge >= 0.3 is 0 Å². The Morgan fingerprint density at radius 1 is 1.06 bits per heavy atom. The minimum atomic E-state index is 0.415. The van der Waals surface area contributed by atoms with Crippen molar-refractivity contribution in [1.29, 1.82) is 0 Å². The Morgan fingerprint density at radius 3 is 2.35 bits per heavy atom. The van der Waals surface area contributed by atoms with Gasteiger partial charge < -0.3 is 0 Å². The molecule has 1 heterocycles. The highest BCUT2D eigenvalue weighted by Gasteiger charge is 2.28. The van der Waals surface area contributed by atoms with E-state index in [-0.39, 0.29) is 0 Å². The summed E-state index contributed by atoms with van der Waals surface area (Å²) in [6.45, 7) is 0. The van der Waals surface area contributed by atoms with Crippen LogP contribution in [0.15, 0.2) is 0 Å². The molecule has 4 nitrogen and oxygen atoms in total. The number of carbonyl (C=O) groups is 1. The van der Waals surface area contributed by atoms with Crippen LogP contribution in [0.2, 0.25) is 0 Å². The van der Waals surface area contributed by atoms with Crippen LogP contribution in [0.25, 0.3) is 0 Å². The molecule has 0 spiro atoms. The SMILES string of the molecule is O=Cc1c(C2CCCC2)nnn1C1CCCC1. The molecular weight excluding hydrogens is 214 g/mol. The molecule has 2 aliphatic rings. The molecule has 0 atom stereocenters. The van der Waals surface area contributed by atoms with Gasteiger partial charge in [-0.3, -0.25) is 4.79 Å². The Balaban J connectivity index is 1.91. The Kier molecular flexibility index (Phi) is 2.95. The number of aldehydes is 1. The molecule has 92 valence electrons. The number of carbonyl (C=O) groups excluding carboxylic acids is 1. The second-order valence-corrected chi connectivity index (χ2v) is 5.34. The summed E-state index contributed by atoms with van der Waals surface area (Å²) in [5.74, 6) is 0.477. The zero-order valence-electron chi connectivity index (χ0n) is 10.1. The van der Waals surface area contributed by atoms with Crippen molar-refractivity contribution in [3.63, 3.8) is 0 Å². The summed E-state index contributed by atoms with van der Waals surface area (Å²) < 4.78 is 1.90. The summed E-state index contributed by atoms with van der Waals surface area (Å²) in [6, 6.07) is 0.415. The standard InChI is InChI=1S/C13H19N3O/c17-9-12-13(10-5-1-2-6-10)14-15-16(12)11-7-3-4-8-11/h9-11H,1-8H2. The smallest absolute Gasteiger partial charge is 0.170 e. The lowest BCUT2D eigenvalue weighted by atomic mass is 10.0. The molecule has 0 saturated heterocycles. The Morgan fingerprint density at radius 2 is 1.71 bits per heavy atom. The summed E-state index contributed by atoms with van der Waals surface area (Å²) >= 11 is 0. The molecule has 3 rings (SSSR count). The van der Waals surface area contributed by atoms with Crippen LogP contribution in [0.5, 0.6) is 0 Å². The van der Waals surface area contributed by atoms with Crippen LogP contribution >= 0.6 is 0 Å². The van der Waals surface area contributed by atoms with Crippen molar-refractivity contribution in [3.8, 4) is 0 Å². The average Bonchev–Trinajstić information content (AvgIpc) is 3.09. The van der Waals surface area contributed by atoms with Gasteiger partial charge in [-0.15, -0.1) is 5.10 Å². The van der Waals surface area contributed by atoms with Crippen molar-refractivity contribution >= 4 is 6.29 Å². The minimum absolute atomic E-state index is 0.415. The number of aromatic nitrogens is 3. The zero-order chi connectivity index (χ0) is 11.7. The third-order valence-corrected chi connectivity index (χ3v) is 4.28. The molecule has 2 aliphatic carbocycles. The molecule has 0 bridgehead atoms. The number of hydrogen-bond acceptors (Lipinski definition) is 3. The van der Waals surface area contributed by atoms with Crippen LogP contribution in [0.1, 0.15) is 79.5 Å². The van der Waals surface area contributed by atoms with E-state index in [1.165, 1.54) is 38.5 Å². The topological polar surface area (TPSA) is 47.8 Å². The molecule has 0 aromatic carbocycles. The molecule has 2 saturated carbocycles. The maximum absolute atomic E-state index is 11.3. The van der Waals surface area contributed by atoms with Crippen LogP contribution in [0.4, 0.5) is 0 Å². The van der Waals surface area contributed by atoms with Gasteiger partial charge in [0.15, 0.2) is 6.29 Å². The number of nitrogens with zero attached hydrogens (tertiary/aromatic N) is 3. The Labute approximate surface area is 101 Å². The maximum Gasteiger partial charge on any atom is 0.170 e. The summed E-state index contributed by atoms with van der Waals surface area (Å²) in [6.07, 6.45) is 10.6. The first-order chi connectivity index (χ1) is 8.40. The van der Waals surface area contributed by atoms with Crippen molar-refractivity contribution in [2.75, 3.05) is 0 Å². The van der Waals surface area contributed by atoms with Gasteiger partial charge in [-0.2, -0.15) is 0 Å². The molecule has 4 heteroatoms. The van der Waals surface area contributed by atoms with E-state index in [2.05, 4.69) is 10.3 Å². The molecule has 0 amide bonds. The van der Waals surface area contributed by atoms with Crippen molar-refractivity contribution in [1.82, 2.24) is 15.0 Å². The summed E-state index contributed by atoms with van der Waals surface area (Å²) in [4.78, 5) is 11.3. The quantitative estimate of drug-likeness (QED) is 0.754. The molecule has 0 unspecified atom stereocenters. The molecule has 2 fully saturated rings. The van der Waals surface area contributed by atoms with E-state index in [4.69, 9.17) is 0 Å². The predicted molar refractivity (Wildman–Crippen MR) is 64.1 cm³/mol. The number of hydrogen-bond donors (Lipinski definition) is 0. The zero-order valence-corrected chi connectivity index (χ0v) is 10.1. The van der Waals surface area contributed by atoms with Gasteiger partial charge in [-0.05, 0) is 25.7 Å². The second kappa shape index (κ2) is 4.59. The van der Waals surface area contributed by atoms with Crippen molar-refractivity contribution in [3.05, 3.63) is 11.4 Å². The molecule has 1 aromatic heterocycles. The monoisotopic (exact) mass is 233 g/mol. The van der Waals surface area contributed by atoms with Crippen LogP contribution in [-0.4, -0.2) is 21.3 Å². The van der Waals surface area contributed by atoms with Gasteiger partial charge in [0, 0.05) is 5.92 Å². The minimum Gasteiger partial charge on any atom is -0.296 e. The van der Waals surface area contributed by atoms with Crippen LogP contribution in [0, 0.1) is 0 Å². The fourth-order valence-corrected chi connectivity index (χ4v) is 3.34. The largest absolute Gasteiger partial charge is 0.296 e. The van der Waals surface area contributed by atoms with Gasteiger partial charge in [0.05, 0.1) is 11.7 Å². The molecule has 0 aliphatic heterocycles. The normalized spacial score (nSPS) is 22.4. The van der Waals surface area contributed by atoms with Gasteiger partial charge in [0.25, 0.3) is 0 Å². The maximum atomic E-state index is 11.3.